The maximum Gasteiger partial charge on any atom is 0.400 e. The molecule has 1 rings (SSSR count). The van der Waals surface area contributed by atoms with E-state index < -0.39 is 17.9 Å². The summed E-state index contributed by atoms with van der Waals surface area (Å²) in [6, 6.07) is 0.140. The van der Waals surface area contributed by atoms with Gasteiger partial charge in [0.1, 0.15) is 5.92 Å². The minimum Gasteiger partial charge on any atom is -0.409 e. The molecule has 0 aromatic rings. The number of hydrogen-bond donors (Lipinski definition) is 3. The van der Waals surface area contributed by atoms with E-state index in [2.05, 4.69) is 10.5 Å². The molecule has 0 bridgehead atoms. The molecule has 0 aliphatic heterocycles. The van der Waals surface area contributed by atoms with E-state index in [1.54, 1.807) is 0 Å². The summed E-state index contributed by atoms with van der Waals surface area (Å²) in [7, 11) is 0. The molecule has 3 unspecified atom stereocenters. The van der Waals surface area contributed by atoms with Crippen molar-refractivity contribution in [2.24, 2.45) is 22.7 Å². The molecular weight excluding hydrogens is 223 g/mol. The highest BCUT2D eigenvalue weighted by Gasteiger charge is 2.44. The van der Waals surface area contributed by atoms with Crippen LogP contribution in [0.3, 0.4) is 0 Å². The zero-order chi connectivity index (χ0) is 12.3. The number of hydrogen-bond acceptors (Lipinski definition) is 3. The predicted octanol–water partition coefficient (Wildman–Crippen LogP) is 1.30. The zero-order valence-electron chi connectivity index (χ0n) is 8.96. The number of halogens is 3. The summed E-state index contributed by atoms with van der Waals surface area (Å²) in [5, 5.41) is 13.5. The third-order valence-electron chi connectivity index (χ3n) is 2.90. The highest BCUT2D eigenvalue weighted by molar-refractivity contribution is 5.83. The summed E-state index contributed by atoms with van der Waals surface area (Å²) in [4.78, 5) is 0. The molecule has 7 heteroatoms. The molecule has 1 aliphatic rings. The summed E-state index contributed by atoms with van der Waals surface area (Å²) < 4.78 is 37.5. The molecule has 0 heterocycles. The van der Waals surface area contributed by atoms with Crippen LogP contribution in [-0.2, 0) is 0 Å². The average molecular weight is 239 g/mol. The number of oxime groups is 1. The number of amidine groups is 1. The van der Waals surface area contributed by atoms with Crippen LogP contribution in [0, 0.1) is 11.8 Å². The van der Waals surface area contributed by atoms with Crippen LogP contribution in [-0.4, -0.2) is 29.8 Å². The van der Waals surface area contributed by atoms with Gasteiger partial charge in [0.05, 0.1) is 0 Å². The Hall–Kier alpha value is -0.980. The van der Waals surface area contributed by atoms with Gasteiger partial charge in [-0.2, -0.15) is 13.2 Å². The zero-order valence-corrected chi connectivity index (χ0v) is 8.96. The molecule has 1 fully saturated rings. The van der Waals surface area contributed by atoms with Gasteiger partial charge in [-0.25, -0.2) is 0 Å². The number of nitrogens with two attached hydrogens (primary N) is 1. The minimum atomic E-state index is -4.49. The Morgan fingerprint density at radius 3 is 2.62 bits per heavy atom. The summed E-state index contributed by atoms with van der Waals surface area (Å²) >= 11 is 0. The van der Waals surface area contributed by atoms with E-state index in [4.69, 9.17) is 10.9 Å². The van der Waals surface area contributed by atoms with Gasteiger partial charge >= 0.3 is 6.18 Å². The van der Waals surface area contributed by atoms with Crippen LogP contribution in [0.2, 0.25) is 0 Å². The standard InChI is InChI=1S/C9H16F3N3O/c1-2-5-3-7(5)14-4-6(8(13)15-16)9(10,11)12/h5-7,14,16H,2-4H2,1H3,(H2,13,15). The van der Waals surface area contributed by atoms with Crippen molar-refractivity contribution in [3.63, 3.8) is 0 Å². The predicted molar refractivity (Wildman–Crippen MR) is 53.1 cm³/mol. The monoisotopic (exact) mass is 239 g/mol. The molecular formula is C9H16F3N3O. The lowest BCUT2D eigenvalue weighted by Gasteiger charge is -2.19. The number of nitrogens with one attached hydrogen (secondary N) is 1. The van der Waals surface area contributed by atoms with E-state index in [9.17, 15) is 13.2 Å². The first-order chi connectivity index (χ1) is 7.40. The highest BCUT2D eigenvalue weighted by atomic mass is 19.4. The Kier molecular flexibility index (Phi) is 4.01. The van der Waals surface area contributed by atoms with E-state index >= 15 is 0 Å². The third kappa shape index (κ3) is 3.26. The fourth-order valence-corrected chi connectivity index (χ4v) is 1.68. The van der Waals surface area contributed by atoms with E-state index in [1.165, 1.54) is 0 Å². The topological polar surface area (TPSA) is 70.6 Å². The van der Waals surface area contributed by atoms with E-state index in [0.29, 0.717) is 5.92 Å². The summed E-state index contributed by atoms with van der Waals surface area (Å²) in [5.41, 5.74) is 5.02. The second kappa shape index (κ2) is 4.90. The summed E-state index contributed by atoms with van der Waals surface area (Å²) in [5.74, 6) is -2.26. The quantitative estimate of drug-likeness (QED) is 0.293. The average Bonchev–Trinajstić information content (AvgIpc) is 2.94. The van der Waals surface area contributed by atoms with Crippen molar-refractivity contribution < 1.29 is 18.4 Å². The lowest BCUT2D eigenvalue weighted by atomic mass is 10.1. The maximum absolute atomic E-state index is 12.5. The lowest BCUT2D eigenvalue weighted by Crippen LogP contribution is -2.43. The fourth-order valence-electron chi connectivity index (χ4n) is 1.68. The SMILES string of the molecule is CCC1CC1NCC(C(N)=NO)C(F)(F)F. The van der Waals surface area contributed by atoms with Crippen LogP contribution < -0.4 is 11.1 Å². The molecule has 4 nitrogen and oxygen atoms in total. The first kappa shape index (κ1) is 13.1. The normalized spacial score (nSPS) is 27.9. The van der Waals surface area contributed by atoms with E-state index in [-0.39, 0.29) is 12.6 Å². The van der Waals surface area contributed by atoms with E-state index in [0.717, 1.165) is 12.8 Å². The highest BCUT2D eigenvalue weighted by Crippen LogP contribution is 2.34. The fraction of sp³-hybridized carbons (Fsp3) is 0.889. The van der Waals surface area contributed by atoms with Gasteiger partial charge in [0, 0.05) is 12.6 Å². The molecule has 0 spiro atoms. The number of alkyl halides is 3. The van der Waals surface area contributed by atoms with Crippen LogP contribution in [0.1, 0.15) is 19.8 Å². The Morgan fingerprint density at radius 1 is 1.62 bits per heavy atom. The van der Waals surface area contributed by atoms with Crippen LogP contribution in [0.4, 0.5) is 13.2 Å². The number of rotatable bonds is 5. The molecule has 4 N–H and O–H groups in total. The van der Waals surface area contributed by atoms with Crippen molar-refractivity contribution in [2.45, 2.75) is 32.0 Å². The molecule has 0 aromatic carbocycles. The Balaban J connectivity index is 2.46. The van der Waals surface area contributed by atoms with Crippen molar-refractivity contribution in [3.05, 3.63) is 0 Å². The molecule has 3 atom stereocenters. The Bertz CT molecular complexity index is 267. The second-order valence-electron chi connectivity index (χ2n) is 4.04. The van der Waals surface area contributed by atoms with Crippen LogP contribution >= 0.6 is 0 Å². The molecule has 16 heavy (non-hydrogen) atoms. The van der Waals surface area contributed by atoms with Crippen LogP contribution in [0.5, 0.6) is 0 Å². The van der Waals surface area contributed by atoms with Crippen molar-refractivity contribution in [1.29, 1.82) is 0 Å². The molecule has 0 aromatic heterocycles. The van der Waals surface area contributed by atoms with Crippen molar-refractivity contribution in [3.8, 4) is 0 Å². The third-order valence-corrected chi connectivity index (χ3v) is 2.90. The van der Waals surface area contributed by atoms with Crippen LogP contribution in [0.25, 0.3) is 0 Å². The first-order valence-electron chi connectivity index (χ1n) is 5.17. The first-order valence-corrected chi connectivity index (χ1v) is 5.17. The van der Waals surface area contributed by atoms with Crippen molar-refractivity contribution in [1.82, 2.24) is 5.32 Å². The van der Waals surface area contributed by atoms with Gasteiger partial charge in [0.15, 0.2) is 5.84 Å². The van der Waals surface area contributed by atoms with Gasteiger partial charge in [0.2, 0.25) is 0 Å². The summed E-state index contributed by atoms with van der Waals surface area (Å²) in [6.45, 7) is 1.66. The molecule has 94 valence electrons. The molecule has 0 saturated heterocycles. The Morgan fingerprint density at radius 2 is 2.25 bits per heavy atom. The van der Waals surface area contributed by atoms with Crippen molar-refractivity contribution >= 4 is 5.84 Å². The Labute approximate surface area is 91.7 Å². The van der Waals surface area contributed by atoms with Crippen molar-refractivity contribution in [2.75, 3.05) is 6.54 Å². The molecule has 0 radical (unpaired) electrons. The number of nitrogens with zero attached hydrogens (tertiary/aromatic N) is 1. The summed E-state index contributed by atoms with van der Waals surface area (Å²) in [6.07, 6.45) is -2.63. The van der Waals surface area contributed by atoms with Gasteiger partial charge in [-0.05, 0) is 12.3 Å². The van der Waals surface area contributed by atoms with Crippen LogP contribution in [0.15, 0.2) is 5.16 Å². The maximum atomic E-state index is 12.5. The van der Waals surface area contributed by atoms with Gasteiger partial charge in [-0.3, -0.25) is 0 Å². The molecule has 1 aliphatic carbocycles. The largest absolute Gasteiger partial charge is 0.409 e. The lowest BCUT2D eigenvalue weighted by molar-refractivity contribution is -0.155. The molecule has 0 amide bonds. The minimum absolute atomic E-state index is 0.140. The molecule has 1 saturated carbocycles. The smallest absolute Gasteiger partial charge is 0.400 e. The van der Waals surface area contributed by atoms with E-state index in [1.807, 2.05) is 6.92 Å². The van der Waals surface area contributed by atoms with Gasteiger partial charge in [0.25, 0.3) is 0 Å². The van der Waals surface area contributed by atoms with Gasteiger partial charge in [-0.1, -0.05) is 18.5 Å². The second-order valence-corrected chi connectivity index (χ2v) is 4.04. The van der Waals surface area contributed by atoms with Gasteiger partial charge in [-0.15, -0.1) is 0 Å². The van der Waals surface area contributed by atoms with Gasteiger partial charge < -0.3 is 16.3 Å².